The molecule has 1 fully saturated rings. The molecule has 96 valence electrons. The Morgan fingerprint density at radius 1 is 1.53 bits per heavy atom. The molecule has 4 nitrogen and oxygen atoms in total. The Balaban J connectivity index is 1.60. The summed E-state index contributed by atoms with van der Waals surface area (Å²) in [5.74, 6) is 1.95. The van der Waals surface area contributed by atoms with E-state index in [-0.39, 0.29) is 6.61 Å². The Labute approximate surface area is 103 Å². The molecule has 17 heavy (non-hydrogen) atoms. The van der Waals surface area contributed by atoms with Crippen LogP contribution in [0.4, 0.5) is 0 Å². The lowest BCUT2D eigenvalue weighted by Gasteiger charge is -2.26. The maximum atomic E-state index is 10.5. The first-order chi connectivity index (χ1) is 8.16. The lowest BCUT2D eigenvalue weighted by molar-refractivity contribution is -0.122. The molecule has 0 aromatic heterocycles. The van der Waals surface area contributed by atoms with Crippen molar-refractivity contribution in [3.8, 4) is 0 Å². The minimum absolute atomic E-state index is 0.0208. The molecule has 0 radical (unpaired) electrons. The normalized spacial score (nSPS) is 31.9. The summed E-state index contributed by atoms with van der Waals surface area (Å²) in [6, 6.07) is 0.520. The van der Waals surface area contributed by atoms with Crippen molar-refractivity contribution in [3.63, 3.8) is 0 Å². The van der Waals surface area contributed by atoms with E-state index in [2.05, 4.69) is 24.4 Å². The summed E-state index contributed by atoms with van der Waals surface area (Å²) in [5, 5.41) is 3.47. The number of hydrogen-bond donors (Lipinski definition) is 2. The van der Waals surface area contributed by atoms with Crippen molar-refractivity contribution in [2.24, 2.45) is 23.5 Å². The molecular weight excluding hydrogens is 216 g/mol. The third-order valence-electron chi connectivity index (χ3n) is 3.93. The zero-order chi connectivity index (χ0) is 12.3. The van der Waals surface area contributed by atoms with Gasteiger partial charge in [-0.1, -0.05) is 12.2 Å². The zero-order valence-corrected chi connectivity index (χ0v) is 10.4. The predicted molar refractivity (Wildman–Crippen MR) is 66.3 cm³/mol. The zero-order valence-electron chi connectivity index (χ0n) is 10.4. The Morgan fingerprint density at radius 3 is 2.94 bits per heavy atom. The molecule has 0 aliphatic heterocycles. The number of rotatable bonds is 7. The van der Waals surface area contributed by atoms with Gasteiger partial charge >= 0.3 is 0 Å². The minimum atomic E-state index is -0.406. The first-order valence-corrected chi connectivity index (χ1v) is 6.44. The topological polar surface area (TPSA) is 64.3 Å². The summed E-state index contributed by atoms with van der Waals surface area (Å²) < 4.78 is 5.12. The molecule has 0 saturated heterocycles. The van der Waals surface area contributed by atoms with Crippen LogP contribution in [0.15, 0.2) is 12.2 Å². The van der Waals surface area contributed by atoms with Gasteiger partial charge in [0.05, 0.1) is 6.61 Å². The Hall–Kier alpha value is -0.870. The summed E-state index contributed by atoms with van der Waals surface area (Å²) in [4.78, 5) is 10.5. The highest BCUT2D eigenvalue weighted by atomic mass is 16.5. The third-order valence-corrected chi connectivity index (χ3v) is 3.93. The van der Waals surface area contributed by atoms with Crippen LogP contribution in [0.2, 0.25) is 0 Å². The molecule has 0 aromatic carbocycles. The number of nitrogens with two attached hydrogens (primary N) is 1. The van der Waals surface area contributed by atoms with Gasteiger partial charge in [-0.2, -0.15) is 0 Å². The average Bonchev–Trinajstić information content (AvgIpc) is 2.89. The van der Waals surface area contributed by atoms with E-state index in [1.54, 1.807) is 0 Å². The lowest BCUT2D eigenvalue weighted by atomic mass is 9.87. The standard InChI is InChI=1S/C13H22N2O2/c1-9(15-4-5-17-8-13(14)16)12-7-10-2-3-11(12)6-10/h2-3,9-12,15H,4-8H2,1H3,(H2,14,16). The number of carbonyl (C=O) groups is 1. The van der Waals surface area contributed by atoms with Crippen molar-refractivity contribution in [2.45, 2.75) is 25.8 Å². The summed E-state index contributed by atoms with van der Waals surface area (Å²) >= 11 is 0. The molecule has 2 bridgehead atoms. The predicted octanol–water partition coefficient (Wildman–Crippen LogP) is 0.679. The van der Waals surface area contributed by atoms with Crippen molar-refractivity contribution >= 4 is 5.91 Å². The molecule has 1 amide bonds. The lowest BCUT2D eigenvalue weighted by Crippen LogP contribution is -2.37. The fourth-order valence-corrected chi connectivity index (χ4v) is 3.08. The van der Waals surface area contributed by atoms with Gasteiger partial charge in [0, 0.05) is 12.6 Å². The van der Waals surface area contributed by atoms with Crippen LogP contribution >= 0.6 is 0 Å². The molecule has 0 heterocycles. The summed E-state index contributed by atoms with van der Waals surface area (Å²) in [7, 11) is 0. The van der Waals surface area contributed by atoms with Crippen molar-refractivity contribution in [2.75, 3.05) is 19.8 Å². The summed E-state index contributed by atoms with van der Waals surface area (Å²) in [6.45, 7) is 3.59. The maximum absolute atomic E-state index is 10.5. The minimum Gasteiger partial charge on any atom is -0.370 e. The highest BCUT2D eigenvalue weighted by molar-refractivity contribution is 5.74. The van der Waals surface area contributed by atoms with Crippen LogP contribution in [0.25, 0.3) is 0 Å². The van der Waals surface area contributed by atoms with Gasteiger partial charge in [0.15, 0.2) is 0 Å². The molecule has 0 spiro atoms. The number of primary amides is 1. The molecular formula is C13H22N2O2. The van der Waals surface area contributed by atoms with E-state index in [1.807, 2.05) is 0 Å². The highest BCUT2D eigenvalue weighted by Crippen LogP contribution is 2.44. The van der Waals surface area contributed by atoms with E-state index in [1.165, 1.54) is 12.8 Å². The summed E-state index contributed by atoms with van der Waals surface area (Å²) in [5.41, 5.74) is 4.98. The van der Waals surface area contributed by atoms with Gasteiger partial charge in [-0.15, -0.1) is 0 Å². The number of allylic oxidation sites excluding steroid dienone is 2. The van der Waals surface area contributed by atoms with E-state index in [0.717, 1.165) is 24.3 Å². The molecule has 4 heteroatoms. The van der Waals surface area contributed by atoms with Crippen LogP contribution in [0.1, 0.15) is 19.8 Å². The maximum Gasteiger partial charge on any atom is 0.243 e. The molecule has 2 aliphatic rings. The second-order valence-corrected chi connectivity index (χ2v) is 5.21. The Kier molecular flexibility index (Phi) is 4.18. The fraction of sp³-hybridized carbons (Fsp3) is 0.769. The number of fused-ring (bicyclic) bond motifs is 2. The number of carbonyl (C=O) groups excluding carboxylic acids is 1. The Bertz CT molecular complexity index is 304. The van der Waals surface area contributed by atoms with E-state index in [9.17, 15) is 4.79 Å². The van der Waals surface area contributed by atoms with Gasteiger partial charge in [0.2, 0.25) is 5.91 Å². The molecule has 4 unspecified atom stereocenters. The van der Waals surface area contributed by atoms with Crippen LogP contribution < -0.4 is 11.1 Å². The van der Waals surface area contributed by atoms with Crippen LogP contribution in [0.5, 0.6) is 0 Å². The third kappa shape index (κ3) is 3.30. The van der Waals surface area contributed by atoms with Gasteiger partial charge in [0.25, 0.3) is 0 Å². The van der Waals surface area contributed by atoms with Gasteiger partial charge in [-0.25, -0.2) is 0 Å². The number of amides is 1. The Morgan fingerprint density at radius 2 is 2.35 bits per heavy atom. The number of hydrogen-bond acceptors (Lipinski definition) is 3. The van der Waals surface area contributed by atoms with Crippen molar-refractivity contribution in [1.82, 2.24) is 5.32 Å². The van der Waals surface area contributed by atoms with E-state index in [0.29, 0.717) is 12.6 Å². The van der Waals surface area contributed by atoms with E-state index < -0.39 is 5.91 Å². The number of ether oxygens (including phenoxy) is 1. The fourth-order valence-electron chi connectivity index (χ4n) is 3.08. The van der Waals surface area contributed by atoms with Crippen molar-refractivity contribution in [1.29, 1.82) is 0 Å². The van der Waals surface area contributed by atoms with E-state index in [4.69, 9.17) is 10.5 Å². The SMILES string of the molecule is CC(NCCOCC(N)=O)C1CC2C=CC1C2. The van der Waals surface area contributed by atoms with Gasteiger partial charge in [0.1, 0.15) is 6.61 Å². The molecule has 4 atom stereocenters. The first-order valence-electron chi connectivity index (χ1n) is 6.44. The smallest absolute Gasteiger partial charge is 0.243 e. The van der Waals surface area contributed by atoms with Crippen molar-refractivity contribution in [3.05, 3.63) is 12.2 Å². The molecule has 0 aromatic rings. The van der Waals surface area contributed by atoms with Gasteiger partial charge in [-0.05, 0) is 37.5 Å². The van der Waals surface area contributed by atoms with Gasteiger partial charge < -0.3 is 15.8 Å². The van der Waals surface area contributed by atoms with Crippen LogP contribution in [-0.4, -0.2) is 31.7 Å². The average molecular weight is 238 g/mol. The molecule has 1 saturated carbocycles. The largest absolute Gasteiger partial charge is 0.370 e. The van der Waals surface area contributed by atoms with Crippen LogP contribution in [-0.2, 0) is 9.53 Å². The summed E-state index contributed by atoms with van der Waals surface area (Å²) in [6.07, 6.45) is 7.40. The monoisotopic (exact) mass is 238 g/mol. The van der Waals surface area contributed by atoms with Crippen LogP contribution in [0.3, 0.4) is 0 Å². The van der Waals surface area contributed by atoms with Gasteiger partial charge in [-0.3, -0.25) is 4.79 Å². The van der Waals surface area contributed by atoms with Crippen LogP contribution in [0, 0.1) is 17.8 Å². The first kappa shape index (κ1) is 12.6. The number of nitrogens with one attached hydrogen (secondary N) is 1. The molecule has 2 rings (SSSR count). The molecule has 2 aliphatic carbocycles. The highest BCUT2D eigenvalue weighted by Gasteiger charge is 2.38. The molecule has 3 N–H and O–H groups in total. The van der Waals surface area contributed by atoms with Crippen molar-refractivity contribution < 1.29 is 9.53 Å². The second kappa shape index (κ2) is 5.65. The van der Waals surface area contributed by atoms with E-state index >= 15 is 0 Å². The quantitative estimate of drug-likeness (QED) is 0.506. The second-order valence-electron chi connectivity index (χ2n) is 5.21.